The van der Waals surface area contributed by atoms with Gasteiger partial charge >= 0.3 is 0 Å². The number of rotatable bonds is 2. The number of halogens is 1. The molecule has 0 aliphatic rings. The van der Waals surface area contributed by atoms with Gasteiger partial charge in [0.1, 0.15) is 0 Å². The fraction of sp³-hybridized carbons (Fsp3) is 0.250. The molecular formula is C12H13ClN2. The standard InChI is InChI=1S/C12H13ClN2/c1-12(2,15-8-7-14-9-15)10-5-3-4-6-11(10)13/h3-9H,1-2H3. The molecule has 78 valence electrons. The van der Waals surface area contributed by atoms with Crippen molar-refractivity contribution in [1.29, 1.82) is 0 Å². The van der Waals surface area contributed by atoms with Crippen molar-refractivity contribution in [2.24, 2.45) is 0 Å². The Balaban J connectivity index is 2.51. The van der Waals surface area contributed by atoms with Crippen LogP contribution >= 0.6 is 11.6 Å². The first-order valence-electron chi connectivity index (χ1n) is 4.86. The molecule has 0 fully saturated rings. The topological polar surface area (TPSA) is 17.8 Å². The largest absolute Gasteiger partial charge is 0.328 e. The first-order chi connectivity index (χ1) is 7.12. The van der Waals surface area contributed by atoms with Gasteiger partial charge in [-0.2, -0.15) is 0 Å². The Kier molecular flexibility index (Phi) is 2.53. The Bertz CT molecular complexity index is 446. The summed E-state index contributed by atoms with van der Waals surface area (Å²) < 4.78 is 2.05. The van der Waals surface area contributed by atoms with Crippen molar-refractivity contribution in [3.05, 3.63) is 53.6 Å². The second-order valence-corrected chi connectivity index (χ2v) is 4.42. The Hall–Kier alpha value is -1.28. The van der Waals surface area contributed by atoms with Crippen molar-refractivity contribution in [3.63, 3.8) is 0 Å². The van der Waals surface area contributed by atoms with E-state index in [0.29, 0.717) is 0 Å². The van der Waals surface area contributed by atoms with Crippen LogP contribution in [0, 0.1) is 0 Å². The molecule has 0 aliphatic heterocycles. The molecule has 0 aliphatic carbocycles. The van der Waals surface area contributed by atoms with E-state index in [1.54, 1.807) is 6.20 Å². The molecule has 1 aromatic carbocycles. The van der Waals surface area contributed by atoms with Crippen molar-refractivity contribution in [2.45, 2.75) is 19.4 Å². The molecule has 2 nitrogen and oxygen atoms in total. The van der Waals surface area contributed by atoms with Gasteiger partial charge in [-0.05, 0) is 25.5 Å². The van der Waals surface area contributed by atoms with E-state index in [0.717, 1.165) is 10.6 Å². The van der Waals surface area contributed by atoms with Crippen molar-refractivity contribution in [2.75, 3.05) is 0 Å². The van der Waals surface area contributed by atoms with E-state index in [2.05, 4.69) is 18.8 Å². The third-order valence-corrected chi connectivity index (χ3v) is 3.01. The summed E-state index contributed by atoms with van der Waals surface area (Å²) >= 11 is 6.19. The molecule has 1 heterocycles. The first-order valence-corrected chi connectivity index (χ1v) is 5.23. The molecule has 0 radical (unpaired) electrons. The summed E-state index contributed by atoms with van der Waals surface area (Å²) in [6.45, 7) is 4.24. The van der Waals surface area contributed by atoms with E-state index >= 15 is 0 Å². The third-order valence-electron chi connectivity index (χ3n) is 2.68. The molecule has 0 spiro atoms. The highest BCUT2D eigenvalue weighted by molar-refractivity contribution is 6.31. The Morgan fingerprint density at radius 2 is 2.00 bits per heavy atom. The van der Waals surface area contributed by atoms with Crippen LogP contribution in [0.3, 0.4) is 0 Å². The third kappa shape index (κ3) is 1.77. The van der Waals surface area contributed by atoms with Crippen LogP contribution in [0.4, 0.5) is 0 Å². The molecule has 3 heteroatoms. The van der Waals surface area contributed by atoms with Crippen LogP contribution < -0.4 is 0 Å². The van der Waals surface area contributed by atoms with Crippen LogP contribution in [-0.2, 0) is 5.54 Å². The lowest BCUT2D eigenvalue weighted by atomic mass is 9.94. The summed E-state index contributed by atoms with van der Waals surface area (Å²) in [4.78, 5) is 4.06. The number of aromatic nitrogens is 2. The van der Waals surface area contributed by atoms with E-state index < -0.39 is 0 Å². The second-order valence-electron chi connectivity index (χ2n) is 4.01. The van der Waals surface area contributed by atoms with Gasteiger partial charge < -0.3 is 4.57 Å². The highest BCUT2D eigenvalue weighted by atomic mass is 35.5. The predicted octanol–water partition coefficient (Wildman–Crippen LogP) is 3.32. The Morgan fingerprint density at radius 1 is 1.27 bits per heavy atom. The molecule has 15 heavy (non-hydrogen) atoms. The molecule has 2 aromatic rings. The lowest BCUT2D eigenvalue weighted by Gasteiger charge is -2.28. The van der Waals surface area contributed by atoms with Crippen LogP contribution in [0.5, 0.6) is 0 Å². The van der Waals surface area contributed by atoms with E-state index in [9.17, 15) is 0 Å². The van der Waals surface area contributed by atoms with Gasteiger partial charge in [-0.3, -0.25) is 0 Å². The molecule has 0 unspecified atom stereocenters. The Labute approximate surface area is 94.5 Å². The van der Waals surface area contributed by atoms with Crippen LogP contribution in [0.2, 0.25) is 5.02 Å². The van der Waals surface area contributed by atoms with Gasteiger partial charge in [-0.15, -0.1) is 0 Å². The van der Waals surface area contributed by atoms with Crippen LogP contribution in [-0.4, -0.2) is 9.55 Å². The van der Waals surface area contributed by atoms with E-state index in [1.807, 2.05) is 41.4 Å². The summed E-state index contributed by atoms with van der Waals surface area (Å²) in [6.07, 6.45) is 5.53. The zero-order chi connectivity index (χ0) is 10.9. The van der Waals surface area contributed by atoms with Crippen molar-refractivity contribution in [1.82, 2.24) is 9.55 Å². The number of hydrogen-bond acceptors (Lipinski definition) is 1. The minimum absolute atomic E-state index is 0.172. The molecule has 0 atom stereocenters. The Morgan fingerprint density at radius 3 is 2.60 bits per heavy atom. The van der Waals surface area contributed by atoms with Crippen molar-refractivity contribution >= 4 is 11.6 Å². The number of nitrogens with zero attached hydrogens (tertiary/aromatic N) is 2. The molecule has 0 saturated carbocycles. The second kappa shape index (κ2) is 3.70. The summed E-state index contributed by atoms with van der Waals surface area (Å²) in [5.41, 5.74) is 0.930. The maximum atomic E-state index is 6.19. The monoisotopic (exact) mass is 220 g/mol. The zero-order valence-electron chi connectivity index (χ0n) is 8.81. The van der Waals surface area contributed by atoms with Crippen molar-refractivity contribution in [3.8, 4) is 0 Å². The fourth-order valence-corrected chi connectivity index (χ4v) is 2.05. The average Bonchev–Trinajstić information content (AvgIpc) is 2.71. The molecule has 0 amide bonds. The predicted molar refractivity (Wildman–Crippen MR) is 62.1 cm³/mol. The fourth-order valence-electron chi connectivity index (χ4n) is 1.69. The molecule has 0 N–H and O–H groups in total. The summed E-state index contributed by atoms with van der Waals surface area (Å²) in [6, 6.07) is 7.90. The average molecular weight is 221 g/mol. The van der Waals surface area contributed by atoms with Gasteiger partial charge in [0.2, 0.25) is 0 Å². The number of hydrogen-bond donors (Lipinski definition) is 0. The van der Waals surface area contributed by atoms with Crippen LogP contribution in [0.15, 0.2) is 43.0 Å². The van der Waals surface area contributed by atoms with Gasteiger partial charge in [0.15, 0.2) is 0 Å². The maximum absolute atomic E-state index is 6.19. The minimum Gasteiger partial charge on any atom is -0.328 e. The van der Waals surface area contributed by atoms with Gasteiger partial charge in [-0.1, -0.05) is 29.8 Å². The maximum Gasteiger partial charge on any atom is 0.0953 e. The molecule has 1 aromatic heterocycles. The van der Waals surface area contributed by atoms with Gasteiger partial charge in [0.25, 0.3) is 0 Å². The van der Waals surface area contributed by atoms with Gasteiger partial charge in [0, 0.05) is 17.4 Å². The smallest absolute Gasteiger partial charge is 0.0953 e. The highest BCUT2D eigenvalue weighted by Gasteiger charge is 2.24. The molecular weight excluding hydrogens is 208 g/mol. The number of imidazole rings is 1. The lowest BCUT2D eigenvalue weighted by molar-refractivity contribution is 0.436. The molecule has 0 saturated heterocycles. The first kappa shape index (κ1) is 10.2. The molecule has 0 bridgehead atoms. The van der Waals surface area contributed by atoms with Crippen LogP contribution in [0.25, 0.3) is 0 Å². The van der Waals surface area contributed by atoms with Gasteiger partial charge in [-0.25, -0.2) is 4.98 Å². The van der Waals surface area contributed by atoms with Crippen LogP contribution in [0.1, 0.15) is 19.4 Å². The normalized spacial score (nSPS) is 11.7. The quantitative estimate of drug-likeness (QED) is 0.759. The van der Waals surface area contributed by atoms with E-state index in [4.69, 9.17) is 11.6 Å². The minimum atomic E-state index is -0.172. The van der Waals surface area contributed by atoms with E-state index in [-0.39, 0.29) is 5.54 Å². The number of benzene rings is 1. The SMILES string of the molecule is CC(C)(c1ccccc1Cl)n1ccnc1. The van der Waals surface area contributed by atoms with Gasteiger partial charge in [0.05, 0.1) is 11.9 Å². The summed E-state index contributed by atoms with van der Waals surface area (Å²) in [5.74, 6) is 0. The summed E-state index contributed by atoms with van der Waals surface area (Å²) in [5, 5.41) is 0.788. The lowest BCUT2D eigenvalue weighted by Crippen LogP contribution is -2.26. The highest BCUT2D eigenvalue weighted by Crippen LogP contribution is 2.30. The van der Waals surface area contributed by atoms with Crippen molar-refractivity contribution < 1.29 is 0 Å². The zero-order valence-corrected chi connectivity index (χ0v) is 9.57. The summed E-state index contributed by atoms with van der Waals surface area (Å²) in [7, 11) is 0. The van der Waals surface area contributed by atoms with E-state index in [1.165, 1.54) is 0 Å². The molecule has 2 rings (SSSR count).